The average Bonchev–Trinajstić information content (AvgIpc) is 1.85. The van der Waals surface area contributed by atoms with Gasteiger partial charge in [0.15, 0.2) is 0 Å². The summed E-state index contributed by atoms with van der Waals surface area (Å²) in [7, 11) is 0. The highest BCUT2D eigenvalue weighted by molar-refractivity contribution is 5.27. The van der Waals surface area contributed by atoms with Gasteiger partial charge in [0.2, 0.25) is 0 Å². The van der Waals surface area contributed by atoms with Crippen LogP contribution in [0.4, 0.5) is 0 Å². The SMILES string of the molecule is C=C/C(O)=C(/C)C=C(C)C. The molecule has 0 spiro atoms. The van der Waals surface area contributed by atoms with E-state index in [1.807, 2.05) is 26.8 Å². The quantitative estimate of drug-likeness (QED) is 0.459. The van der Waals surface area contributed by atoms with Gasteiger partial charge in [0, 0.05) is 0 Å². The predicted molar refractivity (Wildman–Crippen MR) is 45.0 cm³/mol. The Balaban J connectivity index is 4.48. The maximum absolute atomic E-state index is 9.09. The molecule has 0 aromatic carbocycles. The Hall–Kier alpha value is -0.980. The minimum absolute atomic E-state index is 0.251. The van der Waals surface area contributed by atoms with E-state index in [9.17, 15) is 0 Å². The standard InChI is InChI=1S/C9H14O/c1-5-9(10)8(4)6-7(2)3/h5-6,10H,1H2,2-4H3/b9-8+. The minimum atomic E-state index is 0.251. The molecule has 0 atom stereocenters. The highest BCUT2D eigenvalue weighted by atomic mass is 16.3. The van der Waals surface area contributed by atoms with Crippen LogP contribution in [0.15, 0.2) is 35.6 Å². The third-order valence-corrected chi connectivity index (χ3v) is 1.10. The van der Waals surface area contributed by atoms with Crippen LogP contribution in [0.5, 0.6) is 0 Å². The first-order valence-corrected chi connectivity index (χ1v) is 3.25. The van der Waals surface area contributed by atoms with Crippen molar-refractivity contribution in [1.82, 2.24) is 0 Å². The first-order valence-electron chi connectivity index (χ1n) is 3.25. The molecule has 0 unspecified atom stereocenters. The van der Waals surface area contributed by atoms with Crippen LogP contribution in [0.2, 0.25) is 0 Å². The van der Waals surface area contributed by atoms with E-state index in [1.165, 1.54) is 11.6 Å². The summed E-state index contributed by atoms with van der Waals surface area (Å²) in [4.78, 5) is 0. The van der Waals surface area contributed by atoms with E-state index in [0.717, 1.165) is 5.57 Å². The zero-order chi connectivity index (χ0) is 8.15. The van der Waals surface area contributed by atoms with Crippen molar-refractivity contribution in [2.75, 3.05) is 0 Å². The fourth-order valence-corrected chi connectivity index (χ4v) is 0.668. The van der Waals surface area contributed by atoms with Crippen molar-refractivity contribution in [3.05, 3.63) is 35.6 Å². The van der Waals surface area contributed by atoms with Gasteiger partial charge >= 0.3 is 0 Å². The summed E-state index contributed by atoms with van der Waals surface area (Å²) in [5.41, 5.74) is 2.03. The third kappa shape index (κ3) is 3.13. The van der Waals surface area contributed by atoms with Crippen LogP contribution in [-0.4, -0.2) is 5.11 Å². The van der Waals surface area contributed by atoms with Gasteiger partial charge in [-0.1, -0.05) is 18.2 Å². The summed E-state index contributed by atoms with van der Waals surface area (Å²) in [6, 6.07) is 0. The monoisotopic (exact) mass is 138 g/mol. The molecule has 1 heteroatoms. The number of hydrogen-bond donors (Lipinski definition) is 1. The maximum Gasteiger partial charge on any atom is 0.117 e. The summed E-state index contributed by atoms with van der Waals surface area (Å²) in [6.07, 6.45) is 3.35. The van der Waals surface area contributed by atoms with Crippen LogP contribution < -0.4 is 0 Å². The lowest BCUT2D eigenvalue weighted by atomic mass is 10.2. The summed E-state index contributed by atoms with van der Waals surface area (Å²) in [6.45, 7) is 9.27. The van der Waals surface area contributed by atoms with Crippen molar-refractivity contribution >= 4 is 0 Å². The number of aliphatic hydroxyl groups is 1. The normalized spacial score (nSPS) is 11.9. The van der Waals surface area contributed by atoms with Crippen LogP contribution >= 0.6 is 0 Å². The Morgan fingerprint density at radius 3 is 2.10 bits per heavy atom. The van der Waals surface area contributed by atoms with Gasteiger partial charge in [-0.15, -0.1) is 0 Å². The van der Waals surface area contributed by atoms with Crippen molar-refractivity contribution in [3.63, 3.8) is 0 Å². The lowest BCUT2D eigenvalue weighted by molar-refractivity contribution is 0.428. The van der Waals surface area contributed by atoms with Gasteiger partial charge in [0.25, 0.3) is 0 Å². The molecule has 0 saturated carbocycles. The van der Waals surface area contributed by atoms with E-state index in [0.29, 0.717) is 0 Å². The lowest BCUT2D eigenvalue weighted by Gasteiger charge is -1.95. The molecule has 0 heterocycles. The molecule has 0 aromatic rings. The Kier molecular flexibility index (Phi) is 3.55. The molecule has 0 radical (unpaired) electrons. The minimum Gasteiger partial charge on any atom is -0.508 e. The van der Waals surface area contributed by atoms with Crippen LogP contribution in [0.3, 0.4) is 0 Å². The van der Waals surface area contributed by atoms with Gasteiger partial charge in [0.05, 0.1) is 0 Å². The Labute approximate surface area is 62.4 Å². The number of rotatable bonds is 2. The molecule has 10 heavy (non-hydrogen) atoms. The predicted octanol–water partition coefficient (Wildman–Crippen LogP) is 2.97. The van der Waals surface area contributed by atoms with Crippen LogP contribution in [0.1, 0.15) is 20.8 Å². The van der Waals surface area contributed by atoms with E-state index in [2.05, 4.69) is 6.58 Å². The highest BCUT2D eigenvalue weighted by Gasteiger charge is 1.89. The summed E-state index contributed by atoms with van der Waals surface area (Å²) >= 11 is 0. The molecule has 0 aliphatic carbocycles. The molecule has 0 amide bonds. The summed E-state index contributed by atoms with van der Waals surface area (Å²) < 4.78 is 0. The zero-order valence-corrected chi connectivity index (χ0v) is 6.81. The van der Waals surface area contributed by atoms with Crippen molar-refractivity contribution in [2.45, 2.75) is 20.8 Å². The van der Waals surface area contributed by atoms with Gasteiger partial charge in [-0.25, -0.2) is 0 Å². The first kappa shape index (κ1) is 9.02. The molecular weight excluding hydrogens is 124 g/mol. The summed E-state index contributed by atoms with van der Waals surface area (Å²) in [5, 5.41) is 9.09. The highest BCUT2D eigenvalue weighted by Crippen LogP contribution is 2.05. The second-order valence-corrected chi connectivity index (χ2v) is 2.49. The largest absolute Gasteiger partial charge is 0.508 e. The molecule has 1 N–H and O–H groups in total. The van der Waals surface area contributed by atoms with Gasteiger partial charge in [-0.3, -0.25) is 0 Å². The molecule has 0 fully saturated rings. The van der Waals surface area contributed by atoms with Crippen molar-refractivity contribution in [2.24, 2.45) is 0 Å². The van der Waals surface area contributed by atoms with E-state index in [-0.39, 0.29) is 5.76 Å². The molecule has 0 rings (SSSR count). The van der Waals surface area contributed by atoms with Crippen molar-refractivity contribution in [1.29, 1.82) is 0 Å². The van der Waals surface area contributed by atoms with E-state index in [1.54, 1.807) is 0 Å². The molecule has 0 aromatic heterocycles. The van der Waals surface area contributed by atoms with Gasteiger partial charge < -0.3 is 5.11 Å². The smallest absolute Gasteiger partial charge is 0.117 e. The zero-order valence-electron chi connectivity index (χ0n) is 6.81. The van der Waals surface area contributed by atoms with Crippen LogP contribution in [0.25, 0.3) is 0 Å². The fourth-order valence-electron chi connectivity index (χ4n) is 0.668. The van der Waals surface area contributed by atoms with E-state index >= 15 is 0 Å². The Morgan fingerprint density at radius 2 is 1.80 bits per heavy atom. The lowest BCUT2D eigenvalue weighted by Crippen LogP contribution is -1.79. The molecular formula is C9H14O. The van der Waals surface area contributed by atoms with Crippen LogP contribution in [-0.2, 0) is 0 Å². The molecule has 0 saturated heterocycles. The van der Waals surface area contributed by atoms with Gasteiger partial charge in [-0.2, -0.15) is 0 Å². The third-order valence-electron chi connectivity index (χ3n) is 1.10. The molecule has 0 aliphatic heterocycles. The van der Waals surface area contributed by atoms with E-state index < -0.39 is 0 Å². The number of aliphatic hydroxyl groups excluding tert-OH is 1. The second-order valence-electron chi connectivity index (χ2n) is 2.49. The topological polar surface area (TPSA) is 20.2 Å². The van der Waals surface area contributed by atoms with Crippen molar-refractivity contribution in [3.8, 4) is 0 Å². The van der Waals surface area contributed by atoms with Gasteiger partial charge in [-0.05, 0) is 32.4 Å². The average molecular weight is 138 g/mol. The van der Waals surface area contributed by atoms with E-state index in [4.69, 9.17) is 5.11 Å². The molecule has 1 nitrogen and oxygen atoms in total. The molecule has 0 bridgehead atoms. The van der Waals surface area contributed by atoms with Crippen LogP contribution in [0, 0.1) is 0 Å². The first-order chi connectivity index (χ1) is 4.57. The number of allylic oxidation sites excluding steroid dienone is 4. The maximum atomic E-state index is 9.09. The second kappa shape index (κ2) is 3.94. The van der Waals surface area contributed by atoms with Crippen molar-refractivity contribution < 1.29 is 5.11 Å². The molecule has 56 valence electrons. The fraction of sp³-hybridized carbons (Fsp3) is 0.333. The number of hydrogen-bond acceptors (Lipinski definition) is 1. The Morgan fingerprint density at radius 1 is 1.30 bits per heavy atom. The Bertz CT molecular complexity index is 181. The summed E-state index contributed by atoms with van der Waals surface area (Å²) in [5.74, 6) is 0.251. The van der Waals surface area contributed by atoms with Gasteiger partial charge in [0.1, 0.15) is 5.76 Å². The molecule has 0 aliphatic rings.